The van der Waals surface area contributed by atoms with Gasteiger partial charge in [0, 0.05) is 18.8 Å². The molecule has 3 heterocycles. The highest BCUT2D eigenvalue weighted by atomic mass is 16.6. The smallest absolute Gasteiger partial charge is 0.410 e. The summed E-state index contributed by atoms with van der Waals surface area (Å²) in [6.45, 7) is 12.1. The van der Waals surface area contributed by atoms with Crippen molar-refractivity contribution in [1.82, 2.24) is 9.80 Å². The lowest BCUT2D eigenvalue weighted by Crippen LogP contribution is -2.48. The molecule has 0 spiro atoms. The van der Waals surface area contributed by atoms with E-state index in [9.17, 15) is 19.5 Å². The number of anilines is 5. The van der Waals surface area contributed by atoms with Crippen LogP contribution in [0.2, 0.25) is 0 Å². The van der Waals surface area contributed by atoms with Gasteiger partial charge in [-0.15, -0.1) is 0 Å². The van der Waals surface area contributed by atoms with Crippen molar-refractivity contribution in [2.45, 2.75) is 160 Å². The summed E-state index contributed by atoms with van der Waals surface area (Å²) in [5.41, 5.74) is 18.7. The SMILES string of the molecule is CC(C)(C)OC(=O)N1CCC[C@H]1C(=O)Nc1ccc([C@H]2CC[C@H](c3ccc(NC(=O)[C@@H]4CCCN4C(O)OC(C)(C)C)c(N)c3)N2c2ccc(C3CCCCC3)cc2)cc1N. The zero-order valence-corrected chi connectivity index (χ0v) is 36.9. The van der Waals surface area contributed by atoms with Crippen molar-refractivity contribution in [2.75, 3.05) is 40.1 Å². The molecular weight excluding hydrogens is 771 g/mol. The number of aliphatic hydroxyl groups is 1. The molecule has 0 bridgehead atoms. The van der Waals surface area contributed by atoms with Gasteiger partial charge in [0.15, 0.2) is 0 Å². The Morgan fingerprint density at radius 2 is 1.18 bits per heavy atom. The number of amides is 3. The fraction of sp³-hybridized carbons (Fsp3) is 0.562. The van der Waals surface area contributed by atoms with E-state index in [-0.39, 0.29) is 23.9 Å². The number of rotatable bonds is 10. The Balaban J connectivity index is 1.11. The number of aliphatic hydroxyl groups excluding tert-OH is 1. The van der Waals surface area contributed by atoms with E-state index in [1.807, 2.05) is 77.9 Å². The lowest BCUT2D eigenvalue weighted by atomic mass is 9.84. The summed E-state index contributed by atoms with van der Waals surface area (Å²) >= 11 is 0. The number of likely N-dealkylation sites (tertiary alicyclic amines) is 2. The minimum absolute atomic E-state index is 0.0191. The maximum Gasteiger partial charge on any atom is 0.410 e. The minimum atomic E-state index is -1.19. The third-order valence-electron chi connectivity index (χ3n) is 12.6. The van der Waals surface area contributed by atoms with E-state index in [0.29, 0.717) is 61.0 Å². The summed E-state index contributed by atoms with van der Waals surface area (Å²) in [4.78, 5) is 45.7. The third-order valence-corrected chi connectivity index (χ3v) is 12.6. The van der Waals surface area contributed by atoms with Crippen LogP contribution in [0.3, 0.4) is 0 Å². The molecule has 3 aromatic carbocycles. The van der Waals surface area contributed by atoms with Gasteiger partial charge < -0.3 is 41.6 Å². The molecule has 3 aliphatic heterocycles. The normalized spacial score (nSPS) is 23.3. The van der Waals surface area contributed by atoms with Crippen LogP contribution in [0, 0.1) is 0 Å². The monoisotopic (exact) mass is 838 g/mol. The first kappa shape index (κ1) is 44.2. The maximum absolute atomic E-state index is 13.6. The van der Waals surface area contributed by atoms with Gasteiger partial charge in [-0.1, -0.05) is 43.5 Å². The molecule has 5 atom stereocenters. The number of hydrogen-bond acceptors (Lipinski definition) is 10. The maximum atomic E-state index is 13.6. The van der Waals surface area contributed by atoms with E-state index in [1.54, 1.807) is 4.90 Å². The number of hydrogen-bond donors (Lipinski definition) is 5. The number of nitrogens with zero attached hydrogens (tertiary/aromatic N) is 3. The lowest BCUT2D eigenvalue weighted by Gasteiger charge is -2.34. The molecule has 3 aromatic rings. The summed E-state index contributed by atoms with van der Waals surface area (Å²) in [5, 5.41) is 16.8. The van der Waals surface area contributed by atoms with Crippen molar-refractivity contribution in [1.29, 1.82) is 0 Å². The molecule has 61 heavy (non-hydrogen) atoms. The van der Waals surface area contributed by atoms with Crippen molar-refractivity contribution in [3.63, 3.8) is 0 Å². The molecule has 3 amide bonds. The van der Waals surface area contributed by atoms with Crippen LogP contribution < -0.4 is 27.0 Å². The van der Waals surface area contributed by atoms with Crippen LogP contribution in [-0.2, 0) is 19.1 Å². The molecule has 7 N–H and O–H groups in total. The Morgan fingerprint density at radius 1 is 0.656 bits per heavy atom. The molecule has 0 aromatic heterocycles. The Kier molecular flexibility index (Phi) is 13.2. The molecule has 3 saturated heterocycles. The minimum Gasteiger partial charge on any atom is -0.444 e. The predicted molar refractivity (Wildman–Crippen MR) is 241 cm³/mol. The summed E-state index contributed by atoms with van der Waals surface area (Å²) in [6, 6.07) is 19.6. The molecule has 13 nitrogen and oxygen atoms in total. The van der Waals surface area contributed by atoms with Gasteiger partial charge in [-0.3, -0.25) is 14.5 Å². The van der Waals surface area contributed by atoms with Crippen LogP contribution in [0.4, 0.5) is 33.2 Å². The zero-order chi connectivity index (χ0) is 43.6. The van der Waals surface area contributed by atoms with Gasteiger partial charge in [-0.05, 0) is 152 Å². The average molecular weight is 838 g/mol. The second-order valence-corrected chi connectivity index (χ2v) is 19.4. The topological polar surface area (TPSA) is 176 Å². The molecule has 0 radical (unpaired) electrons. The van der Waals surface area contributed by atoms with Gasteiger partial charge in [0.1, 0.15) is 11.6 Å². The highest BCUT2D eigenvalue weighted by Gasteiger charge is 2.40. The van der Waals surface area contributed by atoms with E-state index >= 15 is 0 Å². The second-order valence-electron chi connectivity index (χ2n) is 19.4. The molecule has 1 unspecified atom stereocenters. The first-order chi connectivity index (χ1) is 29.0. The fourth-order valence-corrected chi connectivity index (χ4v) is 9.71. The largest absolute Gasteiger partial charge is 0.444 e. The van der Waals surface area contributed by atoms with Crippen molar-refractivity contribution in [2.24, 2.45) is 0 Å². The van der Waals surface area contributed by atoms with Gasteiger partial charge in [-0.25, -0.2) is 9.69 Å². The van der Waals surface area contributed by atoms with Crippen LogP contribution in [0.1, 0.15) is 147 Å². The molecule has 13 heteroatoms. The van der Waals surface area contributed by atoms with E-state index in [4.69, 9.17) is 20.9 Å². The van der Waals surface area contributed by atoms with Crippen LogP contribution in [0.15, 0.2) is 60.7 Å². The Hall–Kier alpha value is -4.85. The molecule has 4 fully saturated rings. The molecule has 1 saturated carbocycles. The van der Waals surface area contributed by atoms with E-state index in [0.717, 1.165) is 36.1 Å². The van der Waals surface area contributed by atoms with Crippen LogP contribution >= 0.6 is 0 Å². The first-order valence-electron chi connectivity index (χ1n) is 22.4. The average Bonchev–Trinajstić information content (AvgIpc) is 3.99. The second kappa shape index (κ2) is 18.2. The van der Waals surface area contributed by atoms with Crippen molar-refractivity contribution < 1.29 is 29.0 Å². The van der Waals surface area contributed by atoms with Gasteiger partial charge in [0.2, 0.25) is 18.2 Å². The number of ether oxygens (including phenoxy) is 2. The number of benzene rings is 3. The molecule has 1 aliphatic carbocycles. The number of nitrogens with two attached hydrogens (primary N) is 2. The van der Waals surface area contributed by atoms with Gasteiger partial charge in [0.25, 0.3) is 0 Å². The molecule has 330 valence electrons. The summed E-state index contributed by atoms with van der Waals surface area (Å²) < 4.78 is 11.4. The lowest BCUT2D eigenvalue weighted by molar-refractivity contribution is -0.240. The third kappa shape index (κ3) is 10.4. The predicted octanol–water partition coefficient (Wildman–Crippen LogP) is 8.81. The quantitative estimate of drug-likeness (QED) is 0.0980. The van der Waals surface area contributed by atoms with Gasteiger partial charge in [-0.2, -0.15) is 0 Å². The van der Waals surface area contributed by atoms with E-state index in [1.165, 1.54) is 42.6 Å². The number of carbonyl (C=O) groups excluding carboxylic acids is 3. The number of nitrogens with one attached hydrogen (secondary N) is 2. The van der Waals surface area contributed by atoms with E-state index < -0.39 is 35.8 Å². The van der Waals surface area contributed by atoms with Crippen molar-refractivity contribution in [3.8, 4) is 0 Å². The molecule has 7 rings (SSSR count). The summed E-state index contributed by atoms with van der Waals surface area (Å²) in [5.74, 6) is 0.0763. The fourth-order valence-electron chi connectivity index (χ4n) is 9.71. The van der Waals surface area contributed by atoms with Crippen LogP contribution in [0.5, 0.6) is 0 Å². The highest BCUT2D eigenvalue weighted by molar-refractivity contribution is 5.99. The van der Waals surface area contributed by atoms with Crippen molar-refractivity contribution >= 4 is 46.3 Å². The Bertz CT molecular complexity index is 2040. The Morgan fingerprint density at radius 3 is 1.72 bits per heavy atom. The first-order valence-corrected chi connectivity index (χ1v) is 22.4. The van der Waals surface area contributed by atoms with Crippen molar-refractivity contribution in [3.05, 3.63) is 77.4 Å². The Labute approximate surface area is 361 Å². The zero-order valence-electron chi connectivity index (χ0n) is 36.9. The summed E-state index contributed by atoms with van der Waals surface area (Å²) in [7, 11) is 0. The van der Waals surface area contributed by atoms with Gasteiger partial charge >= 0.3 is 6.09 Å². The van der Waals surface area contributed by atoms with E-state index in [2.05, 4.69) is 39.8 Å². The van der Waals surface area contributed by atoms with Gasteiger partial charge in [0.05, 0.1) is 46.5 Å². The number of carbonyl (C=O) groups is 3. The standard InChI is InChI=1S/C48H67N7O6/c1-47(2,3)60-45(58)53-26-10-14-41(53)43(56)51-37-22-18-32(28-35(37)49)39-24-25-40(55(39)34-20-16-31(17-21-34)30-12-8-7-9-13-30)33-19-23-38(36(50)29-33)52-44(57)42-15-11-27-54(42)46(59)61-48(4,5)6/h16-23,28-30,39-42,45,58H,7-15,24-27,49-50H2,1-6H3,(H,51,56)(H,52,57)/t39-,40-,41+,42+,45?/m1/s1. The summed E-state index contributed by atoms with van der Waals surface area (Å²) in [6.07, 6.45) is 8.97. The molecule has 4 aliphatic rings. The number of nitrogen functional groups attached to an aromatic ring is 2. The highest BCUT2D eigenvalue weighted by Crippen LogP contribution is 2.49. The van der Waals surface area contributed by atoms with Crippen LogP contribution in [0.25, 0.3) is 0 Å². The molecular formula is C48H67N7O6. The van der Waals surface area contributed by atoms with Crippen LogP contribution in [-0.4, -0.2) is 75.6 Å².